The van der Waals surface area contributed by atoms with E-state index in [0.29, 0.717) is 5.69 Å². The Bertz CT molecular complexity index is 590. The Labute approximate surface area is 133 Å². The van der Waals surface area contributed by atoms with Gasteiger partial charge in [-0.05, 0) is 34.6 Å². The summed E-state index contributed by atoms with van der Waals surface area (Å²) in [5.74, 6) is -0.357. The van der Waals surface area contributed by atoms with E-state index < -0.39 is 23.9 Å². The second-order valence-corrected chi connectivity index (χ2v) is 6.93. The molecule has 1 aliphatic rings. The molecule has 1 fully saturated rings. The van der Waals surface area contributed by atoms with E-state index in [9.17, 15) is 18.0 Å². The van der Waals surface area contributed by atoms with Crippen LogP contribution in [0.3, 0.4) is 0 Å². The number of alkyl halides is 3. The van der Waals surface area contributed by atoms with Gasteiger partial charge in [0, 0.05) is 17.8 Å². The number of amides is 1. The number of ether oxygens (including phenoxy) is 1. The fourth-order valence-corrected chi connectivity index (χ4v) is 2.98. The summed E-state index contributed by atoms with van der Waals surface area (Å²) >= 11 is 0. The van der Waals surface area contributed by atoms with Gasteiger partial charge in [-0.25, -0.2) is 0 Å². The quantitative estimate of drug-likeness (QED) is 0.905. The fraction of sp³-hybridized carbons (Fsp3) is 0.733. The largest absolute Gasteiger partial charge is 0.418 e. The topological polar surface area (TPSA) is 58.2 Å². The first kappa shape index (κ1) is 17.8. The van der Waals surface area contributed by atoms with Crippen molar-refractivity contribution in [3.63, 3.8) is 0 Å². The SMILES string of the molecule is Cc1n[nH]c(C)c1CC(=O)N1CC(C)(C)OC(C)(C(F)(F)F)C1. The van der Waals surface area contributed by atoms with Gasteiger partial charge in [-0.1, -0.05) is 0 Å². The number of morpholine rings is 1. The third kappa shape index (κ3) is 3.52. The van der Waals surface area contributed by atoms with Crippen molar-refractivity contribution in [1.82, 2.24) is 15.1 Å². The molecule has 2 rings (SSSR count). The van der Waals surface area contributed by atoms with Gasteiger partial charge >= 0.3 is 6.18 Å². The maximum absolute atomic E-state index is 13.3. The molecule has 1 aliphatic heterocycles. The maximum atomic E-state index is 13.3. The lowest BCUT2D eigenvalue weighted by atomic mass is 9.96. The normalized spacial score (nSPS) is 24.8. The van der Waals surface area contributed by atoms with E-state index in [1.54, 1.807) is 27.7 Å². The van der Waals surface area contributed by atoms with Gasteiger partial charge in [-0.2, -0.15) is 18.3 Å². The molecule has 1 aromatic heterocycles. The molecular formula is C15H22F3N3O2. The molecule has 1 atom stereocenters. The first-order chi connectivity index (χ1) is 10.3. The second kappa shape index (κ2) is 5.51. The monoisotopic (exact) mass is 333 g/mol. The van der Waals surface area contributed by atoms with Crippen molar-refractivity contribution in [2.24, 2.45) is 0 Å². The van der Waals surface area contributed by atoms with Crippen molar-refractivity contribution < 1.29 is 22.7 Å². The predicted molar refractivity (Wildman–Crippen MR) is 78.0 cm³/mol. The number of nitrogens with one attached hydrogen (secondary N) is 1. The summed E-state index contributed by atoms with van der Waals surface area (Å²) in [5.41, 5.74) is -1.28. The molecule has 130 valence electrons. The van der Waals surface area contributed by atoms with Gasteiger partial charge in [0.2, 0.25) is 5.91 Å². The predicted octanol–water partition coefficient (Wildman–Crippen LogP) is 2.53. The number of aryl methyl sites for hydroxylation is 2. The molecule has 1 aromatic rings. The Hall–Kier alpha value is -1.57. The van der Waals surface area contributed by atoms with Crippen LogP contribution in [0.15, 0.2) is 0 Å². The van der Waals surface area contributed by atoms with E-state index in [1.807, 2.05) is 0 Å². The molecule has 0 aromatic carbocycles. The molecule has 1 N–H and O–H groups in total. The molecule has 1 amide bonds. The highest BCUT2D eigenvalue weighted by Gasteiger charge is 2.58. The average molecular weight is 333 g/mol. The Morgan fingerprint density at radius 1 is 1.30 bits per heavy atom. The summed E-state index contributed by atoms with van der Waals surface area (Å²) in [6, 6.07) is 0. The van der Waals surface area contributed by atoms with Gasteiger partial charge in [0.15, 0.2) is 5.60 Å². The third-order valence-corrected chi connectivity index (χ3v) is 4.13. The number of carbonyl (C=O) groups excluding carboxylic acids is 1. The number of rotatable bonds is 2. The summed E-state index contributed by atoms with van der Waals surface area (Å²) in [4.78, 5) is 13.8. The van der Waals surface area contributed by atoms with Crippen molar-refractivity contribution in [2.45, 2.75) is 58.4 Å². The van der Waals surface area contributed by atoms with Crippen LogP contribution in [0, 0.1) is 13.8 Å². The maximum Gasteiger partial charge on any atom is 0.418 e. The number of hydrogen-bond donors (Lipinski definition) is 1. The number of H-pyrrole nitrogens is 1. The molecule has 0 saturated carbocycles. The minimum Gasteiger partial charge on any atom is -0.356 e. The van der Waals surface area contributed by atoms with Crippen LogP contribution in [-0.2, 0) is 16.0 Å². The van der Waals surface area contributed by atoms with Crippen LogP contribution >= 0.6 is 0 Å². The number of hydrogen-bond acceptors (Lipinski definition) is 3. The molecule has 0 radical (unpaired) electrons. The van der Waals surface area contributed by atoms with Crippen molar-refractivity contribution in [2.75, 3.05) is 13.1 Å². The molecule has 0 bridgehead atoms. The summed E-state index contributed by atoms with van der Waals surface area (Å²) in [6.07, 6.45) is -4.52. The highest BCUT2D eigenvalue weighted by Crippen LogP contribution is 2.40. The van der Waals surface area contributed by atoms with Gasteiger partial charge in [0.05, 0.1) is 24.3 Å². The minimum absolute atomic E-state index is 0.0260. The van der Waals surface area contributed by atoms with Crippen molar-refractivity contribution >= 4 is 5.91 Å². The second-order valence-electron chi connectivity index (χ2n) is 6.93. The Balaban J connectivity index is 2.23. The van der Waals surface area contributed by atoms with Crippen LogP contribution in [0.5, 0.6) is 0 Å². The van der Waals surface area contributed by atoms with Crippen LogP contribution in [0.2, 0.25) is 0 Å². The molecule has 2 heterocycles. The van der Waals surface area contributed by atoms with E-state index in [4.69, 9.17) is 4.74 Å². The molecule has 0 spiro atoms. The molecule has 5 nitrogen and oxygen atoms in total. The molecule has 0 aliphatic carbocycles. The number of aromatic amines is 1. The molecule has 1 unspecified atom stereocenters. The van der Waals surface area contributed by atoms with Crippen LogP contribution in [0.25, 0.3) is 0 Å². The van der Waals surface area contributed by atoms with E-state index in [-0.39, 0.29) is 18.9 Å². The summed E-state index contributed by atoms with van der Waals surface area (Å²) in [5, 5.41) is 6.79. The molecule has 1 saturated heterocycles. The van der Waals surface area contributed by atoms with Gasteiger partial charge in [0.25, 0.3) is 0 Å². The van der Waals surface area contributed by atoms with E-state index in [2.05, 4.69) is 10.2 Å². The summed E-state index contributed by atoms with van der Waals surface area (Å²) < 4.78 is 45.3. The smallest absolute Gasteiger partial charge is 0.356 e. The van der Waals surface area contributed by atoms with Gasteiger partial charge in [0.1, 0.15) is 0 Å². The van der Waals surface area contributed by atoms with Gasteiger partial charge in [-0.15, -0.1) is 0 Å². The summed E-state index contributed by atoms with van der Waals surface area (Å²) in [7, 11) is 0. The van der Waals surface area contributed by atoms with E-state index in [1.165, 1.54) is 4.90 Å². The standard InChI is InChI=1S/C15H22F3N3O2/c1-9-11(10(2)20-19-9)6-12(22)21-7-13(3,4)23-14(5,8-21)15(16,17)18/h6-8H2,1-5H3,(H,19,20). The first-order valence-electron chi connectivity index (χ1n) is 7.40. The fourth-order valence-electron chi connectivity index (χ4n) is 2.98. The Kier molecular flexibility index (Phi) is 4.26. The number of nitrogens with zero attached hydrogens (tertiary/aromatic N) is 2. The zero-order chi connectivity index (χ0) is 17.6. The highest BCUT2D eigenvalue weighted by atomic mass is 19.4. The Morgan fingerprint density at radius 3 is 2.39 bits per heavy atom. The number of carbonyl (C=O) groups is 1. The lowest BCUT2D eigenvalue weighted by Gasteiger charge is -2.49. The van der Waals surface area contributed by atoms with Gasteiger partial charge in [-0.3, -0.25) is 9.89 Å². The zero-order valence-corrected chi connectivity index (χ0v) is 14.0. The number of halogens is 3. The van der Waals surface area contributed by atoms with Crippen LogP contribution < -0.4 is 0 Å². The molecular weight excluding hydrogens is 311 g/mol. The average Bonchev–Trinajstić information content (AvgIpc) is 2.67. The lowest BCUT2D eigenvalue weighted by molar-refractivity contribution is -0.319. The van der Waals surface area contributed by atoms with E-state index in [0.717, 1.165) is 18.2 Å². The highest BCUT2D eigenvalue weighted by molar-refractivity contribution is 5.79. The third-order valence-electron chi connectivity index (χ3n) is 4.13. The number of aromatic nitrogens is 2. The van der Waals surface area contributed by atoms with E-state index >= 15 is 0 Å². The van der Waals surface area contributed by atoms with Crippen molar-refractivity contribution in [1.29, 1.82) is 0 Å². The summed E-state index contributed by atoms with van der Waals surface area (Å²) in [6.45, 7) is 7.27. The first-order valence-corrected chi connectivity index (χ1v) is 7.40. The van der Waals surface area contributed by atoms with Crippen LogP contribution in [0.1, 0.15) is 37.7 Å². The minimum atomic E-state index is -4.55. The van der Waals surface area contributed by atoms with Crippen LogP contribution in [-0.4, -0.2) is 51.5 Å². The lowest BCUT2D eigenvalue weighted by Crippen LogP contribution is -2.65. The van der Waals surface area contributed by atoms with Crippen LogP contribution in [0.4, 0.5) is 13.2 Å². The van der Waals surface area contributed by atoms with Gasteiger partial charge < -0.3 is 9.64 Å². The Morgan fingerprint density at radius 2 is 1.91 bits per heavy atom. The molecule has 23 heavy (non-hydrogen) atoms. The zero-order valence-electron chi connectivity index (χ0n) is 14.0. The van der Waals surface area contributed by atoms with Crippen molar-refractivity contribution in [3.05, 3.63) is 17.0 Å². The molecule has 8 heteroatoms. The van der Waals surface area contributed by atoms with Crippen molar-refractivity contribution in [3.8, 4) is 0 Å².